The Kier molecular flexibility index (Phi) is 3.83. The summed E-state index contributed by atoms with van der Waals surface area (Å²) in [6, 6.07) is 3.30. The van der Waals surface area contributed by atoms with Gasteiger partial charge in [-0.3, -0.25) is 14.7 Å². The molecule has 0 saturated carbocycles. The fraction of sp³-hybridized carbons (Fsp3) is 0.400. The minimum Gasteiger partial charge on any atom is -0.297 e. The van der Waals surface area contributed by atoms with Crippen LogP contribution in [0.15, 0.2) is 30.6 Å². The average Bonchev–Trinajstić information content (AvgIpc) is 2.86. The average molecular weight is 324 g/mol. The zero-order valence-electron chi connectivity index (χ0n) is 12.4. The highest BCUT2D eigenvalue weighted by atomic mass is 19.4. The number of aryl methyl sites for hydroxylation is 1. The van der Waals surface area contributed by atoms with Gasteiger partial charge in [-0.25, -0.2) is 4.68 Å². The van der Waals surface area contributed by atoms with Crippen molar-refractivity contribution in [3.05, 3.63) is 41.9 Å². The number of aromatic nitrogens is 3. The van der Waals surface area contributed by atoms with Crippen molar-refractivity contribution in [1.29, 1.82) is 0 Å². The Morgan fingerprint density at radius 2 is 2.22 bits per heavy atom. The second kappa shape index (κ2) is 5.68. The van der Waals surface area contributed by atoms with Crippen molar-refractivity contribution in [1.82, 2.24) is 14.8 Å². The monoisotopic (exact) mass is 324 g/mol. The third-order valence-corrected chi connectivity index (χ3v) is 3.79. The van der Waals surface area contributed by atoms with Crippen LogP contribution in [0.25, 0.3) is 0 Å². The van der Waals surface area contributed by atoms with Gasteiger partial charge < -0.3 is 0 Å². The minimum atomic E-state index is -4.38. The molecule has 1 aliphatic rings. The van der Waals surface area contributed by atoms with Crippen LogP contribution in [0.5, 0.6) is 0 Å². The lowest BCUT2D eigenvalue weighted by molar-refractivity contribution is -0.173. The third kappa shape index (κ3) is 3.06. The highest BCUT2D eigenvalue weighted by molar-refractivity contribution is 5.94. The molecule has 1 amide bonds. The van der Waals surface area contributed by atoms with Crippen molar-refractivity contribution >= 4 is 11.7 Å². The Morgan fingerprint density at radius 1 is 1.43 bits per heavy atom. The number of halogens is 3. The highest BCUT2D eigenvalue weighted by Crippen LogP contribution is 2.39. The van der Waals surface area contributed by atoms with E-state index < -0.39 is 12.2 Å². The number of carbonyl (C=O) groups is 1. The fourth-order valence-corrected chi connectivity index (χ4v) is 2.75. The molecule has 0 bridgehead atoms. The largest absolute Gasteiger partial charge is 0.410 e. The molecule has 0 saturated heterocycles. The van der Waals surface area contributed by atoms with E-state index in [4.69, 9.17) is 0 Å². The molecule has 3 rings (SSSR count). The van der Waals surface area contributed by atoms with Gasteiger partial charge in [0, 0.05) is 25.0 Å². The van der Waals surface area contributed by atoms with E-state index in [-0.39, 0.29) is 31.1 Å². The van der Waals surface area contributed by atoms with E-state index >= 15 is 0 Å². The Balaban J connectivity index is 1.88. The molecule has 0 spiro atoms. The Morgan fingerprint density at radius 3 is 2.87 bits per heavy atom. The maximum atomic E-state index is 13.1. The molecule has 122 valence electrons. The number of alkyl halides is 3. The molecule has 3 heterocycles. The molecule has 0 fully saturated rings. The van der Waals surface area contributed by atoms with Gasteiger partial charge in [-0.15, -0.1) is 0 Å². The molecule has 1 aliphatic heterocycles. The zero-order valence-corrected chi connectivity index (χ0v) is 12.4. The van der Waals surface area contributed by atoms with Crippen LogP contribution in [0.4, 0.5) is 19.0 Å². The van der Waals surface area contributed by atoms with Crippen molar-refractivity contribution in [3.63, 3.8) is 0 Å². The summed E-state index contributed by atoms with van der Waals surface area (Å²) in [7, 11) is 0. The van der Waals surface area contributed by atoms with Gasteiger partial charge in [-0.2, -0.15) is 18.3 Å². The Hall–Kier alpha value is -2.38. The maximum absolute atomic E-state index is 13.1. The second-order valence-electron chi connectivity index (χ2n) is 5.52. The van der Waals surface area contributed by atoms with E-state index in [9.17, 15) is 18.0 Å². The Bertz CT molecular complexity index is 711. The molecule has 1 atom stereocenters. The summed E-state index contributed by atoms with van der Waals surface area (Å²) in [6.45, 7) is 1.64. The van der Waals surface area contributed by atoms with Crippen LogP contribution in [0, 0.1) is 6.92 Å². The van der Waals surface area contributed by atoms with Crippen molar-refractivity contribution < 1.29 is 18.0 Å². The number of amides is 1. The summed E-state index contributed by atoms with van der Waals surface area (Å²) in [5, 5.41) is 3.93. The van der Waals surface area contributed by atoms with Gasteiger partial charge in [0.05, 0.1) is 12.1 Å². The van der Waals surface area contributed by atoms with E-state index in [0.29, 0.717) is 5.69 Å². The molecular weight excluding hydrogens is 309 g/mol. The van der Waals surface area contributed by atoms with Crippen LogP contribution in [-0.4, -0.2) is 33.4 Å². The lowest BCUT2D eigenvalue weighted by Gasteiger charge is -2.33. The number of rotatable bonds is 2. The van der Waals surface area contributed by atoms with Gasteiger partial charge in [0.2, 0.25) is 5.91 Å². The Labute approximate surface area is 130 Å². The number of nitrogens with zero attached hydrogens (tertiary/aromatic N) is 4. The first-order chi connectivity index (χ1) is 10.9. The zero-order chi connectivity index (χ0) is 16.6. The highest BCUT2D eigenvalue weighted by Gasteiger charge is 2.46. The summed E-state index contributed by atoms with van der Waals surface area (Å²) in [4.78, 5) is 17.8. The number of carbonyl (C=O) groups excluding carboxylic acids is 1. The van der Waals surface area contributed by atoms with Gasteiger partial charge in [-0.1, -0.05) is 6.07 Å². The predicted molar refractivity (Wildman–Crippen MR) is 77.0 cm³/mol. The molecule has 0 aromatic carbocycles. The normalized spacial score (nSPS) is 17.9. The van der Waals surface area contributed by atoms with Gasteiger partial charge in [-0.05, 0) is 25.0 Å². The number of hydrogen-bond acceptors (Lipinski definition) is 3. The predicted octanol–water partition coefficient (Wildman–Crippen LogP) is 2.67. The third-order valence-electron chi connectivity index (χ3n) is 3.79. The summed E-state index contributed by atoms with van der Waals surface area (Å²) < 4.78 is 40.3. The van der Waals surface area contributed by atoms with Crippen LogP contribution in [0.3, 0.4) is 0 Å². The SMILES string of the molecule is Cc1cc2n(n1)C(C(F)(F)F)CCN2C(=O)Cc1cccnc1. The first-order valence-electron chi connectivity index (χ1n) is 7.18. The van der Waals surface area contributed by atoms with E-state index in [1.807, 2.05) is 0 Å². The van der Waals surface area contributed by atoms with E-state index in [2.05, 4.69) is 10.1 Å². The molecule has 0 aliphatic carbocycles. The van der Waals surface area contributed by atoms with Crippen molar-refractivity contribution in [2.75, 3.05) is 11.4 Å². The molecule has 5 nitrogen and oxygen atoms in total. The van der Waals surface area contributed by atoms with Gasteiger partial charge >= 0.3 is 6.18 Å². The van der Waals surface area contributed by atoms with Gasteiger partial charge in [0.1, 0.15) is 5.82 Å². The molecule has 2 aromatic rings. The molecule has 1 unspecified atom stereocenters. The topological polar surface area (TPSA) is 51.0 Å². The number of pyridine rings is 1. The van der Waals surface area contributed by atoms with E-state index in [1.54, 1.807) is 31.5 Å². The standard InChI is InChI=1S/C15H15F3N4O/c1-10-7-13-21(14(23)8-11-3-2-5-19-9-11)6-4-12(15(16,17)18)22(13)20-10/h2-3,5,7,9,12H,4,6,8H2,1H3. The molecule has 23 heavy (non-hydrogen) atoms. The molecule has 2 aromatic heterocycles. The lowest BCUT2D eigenvalue weighted by atomic mass is 10.1. The van der Waals surface area contributed by atoms with Crippen molar-refractivity contribution in [2.24, 2.45) is 0 Å². The summed E-state index contributed by atoms with van der Waals surface area (Å²) >= 11 is 0. The van der Waals surface area contributed by atoms with Crippen LogP contribution in [0.1, 0.15) is 23.7 Å². The molecular formula is C15H15F3N4O. The smallest absolute Gasteiger partial charge is 0.297 e. The second-order valence-corrected chi connectivity index (χ2v) is 5.52. The van der Waals surface area contributed by atoms with Crippen molar-refractivity contribution in [3.8, 4) is 0 Å². The van der Waals surface area contributed by atoms with E-state index in [1.165, 1.54) is 11.0 Å². The van der Waals surface area contributed by atoms with E-state index in [0.717, 1.165) is 10.2 Å². The van der Waals surface area contributed by atoms with Crippen LogP contribution in [-0.2, 0) is 11.2 Å². The van der Waals surface area contributed by atoms with Gasteiger partial charge in [0.15, 0.2) is 6.04 Å². The first-order valence-corrected chi connectivity index (χ1v) is 7.18. The first kappa shape index (κ1) is 15.5. The molecule has 0 N–H and O–H groups in total. The quantitative estimate of drug-likeness (QED) is 0.853. The van der Waals surface area contributed by atoms with Crippen LogP contribution in [0.2, 0.25) is 0 Å². The molecule has 8 heteroatoms. The number of fused-ring (bicyclic) bond motifs is 1. The lowest BCUT2D eigenvalue weighted by Crippen LogP contribution is -2.43. The summed E-state index contributed by atoms with van der Waals surface area (Å²) in [6.07, 6.45) is -1.32. The minimum absolute atomic E-state index is 0.0222. The number of hydrogen-bond donors (Lipinski definition) is 0. The van der Waals surface area contributed by atoms with Crippen LogP contribution >= 0.6 is 0 Å². The summed E-state index contributed by atoms with van der Waals surface area (Å²) in [5.41, 5.74) is 1.17. The molecule has 0 radical (unpaired) electrons. The van der Waals surface area contributed by atoms with Crippen molar-refractivity contribution in [2.45, 2.75) is 32.0 Å². The maximum Gasteiger partial charge on any atom is 0.410 e. The van der Waals surface area contributed by atoms with Crippen LogP contribution < -0.4 is 4.90 Å². The summed E-state index contributed by atoms with van der Waals surface area (Å²) in [5.74, 6) is -0.0651. The van der Waals surface area contributed by atoms with Gasteiger partial charge in [0.25, 0.3) is 0 Å². The fourth-order valence-electron chi connectivity index (χ4n) is 2.75. The number of anilines is 1.